The number of halogens is 1. The normalized spacial score (nSPS) is 11.9. The SMILES string of the molecule is Cc1ccc(S(=O)(=O)N(C)Cc2cccc(Cl)c2)cc1C. The van der Waals surface area contributed by atoms with E-state index in [4.69, 9.17) is 11.6 Å². The van der Waals surface area contributed by atoms with E-state index < -0.39 is 10.0 Å². The van der Waals surface area contributed by atoms with Gasteiger partial charge < -0.3 is 0 Å². The lowest BCUT2D eigenvalue weighted by atomic mass is 10.1. The second-order valence-electron chi connectivity index (χ2n) is 5.14. The van der Waals surface area contributed by atoms with Gasteiger partial charge in [0.25, 0.3) is 0 Å². The first kappa shape index (κ1) is 16.0. The van der Waals surface area contributed by atoms with Crippen molar-refractivity contribution >= 4 is 21.6 Å². The fraction of sp³-hybridized carbons (Fsp3) is 0.250. The topological polar surface area (TPSA) is 37.4 Å². The molecule has 0 fully saturated rings. The Labute approximate surface area is 131 Å². The van der Waals surface area contributed by atoms with E-state index in [1.54, 1.807) is 31.3 Å². The van der Waals surface area contributed by atoms with Gasteiger partial charge in [0.05, 0.1) is 4.90 Å². The van der Waals surface area contributed by atoms with Crippen LogP contribution in [0, 0.1) is 13.8 Å². The highest BCUT2D eigenvalue weighted by Gasteiger charge is 2.21. The molecule has 0 atom stereocenters. The Hall–Kier alpha value is -1.36. The highest BCUT2D eigenvalue weighted by molar-refractivity contribution is 7.89. The van der Waals surface area contributed by atoms with Crippen LogP contribution in [0.5, 0.6) is 0 Å². The fourth-order valence-corrected chi connectivity index (χ4v) is 3.49. The smallest absolute Gasteiger partial charge is 0.207 e. The molecule has 0 unspecified atom stereocenters. The number of hydrogen-bond acceptors (Lipinski definition) is 2. The first-order valence-electron chi connectivity index (χ1n) is 6.59. The van der Waals surface area contributed by atoms with Crippen molar-refractivity contribution in [3.05, 3.63) is 64.2 Å². The number of benzene rings is 2. The molecule has 0 radical (unpaired) electrons. The predicted molar refractivity (Wildman–Crippen MR) is 86.0 cm³/mol. The average molecular weight is 324 g/mol. The highest BCUT2D eigenvalue weighted by atomic mass is 35.5. The Morgan fingerprint density at radius 2 is 1.76 bits per heavy atom. The van der Waals surface area contributed by atoms with Gasteiger partial charge in [-0.15, -0.1) is 0 Å². The first-order valence-corrected chi connectivity index (χ1v) is 8.40. The van der Waals surface area contributed by atoms with Crippen molar-refractivity contribution in [2.75, 3.05) is 7.05 Å². The van der Waals surface area contributed by atoms with Crippen LogP contribution in [0.2, 0.25) is 5.02 Å². The van der Waals surface area contributed by atoms with Crippen molar-refractivity contribution in [3.63, 3.8) is 0 Å². The van der Waals surface area contributed by atoms with Crippen LogP contribution in [-0.4, -0.2) is 19.8 Å². The quantitative estimate of drug-likeness (QED) is 0.858. The number of nitrogens with zero attached hydrogens (tertiary/aromatic N) is 1. The molecule has 2 aromatic rings. The zero-order chi connectivity index (χ0) is 15.6. The van der Waals surface area contributed by atoms with Crippen LogP contribution in [-0.2, 0) is 16.6 Å². The second kappa shape index (κ2) is 6.18. The molecule has 112 valence electrons. The van der Waals surface area contributed by atoms with Crippen molar-refractivity contribution < 1.29 is 8.42 Å². The summed E-state index contributed by atoms with van der Waals surface area (Å²) < 4.78 is 26.5. The van der Waals surface area contributed by atoms with E-state index in [1.807, 2.05) is 32.0 Å². The summed E-state index contributed by atoms with van der Waals surface area (Å²) >= 11 is 5.93. The maximum Gasteiger partial charge on any atom is 0.243 e. The second-order valence-corrected chi connectivity index (χ2v) is 7.62. The maximum atomic E-state index is 12.6. The van der Waals surface area contributed by atoms with E-state index in [-0.39, 0.29) is 6.54 Å². The van der Waals surface area contributed by atoms with E-state index in [1.165, 1.54) is 4.31 Å². The summed E-state index contributed by atoms with van der Waals surface area (Å²) in [5.41, 5.74) is 2.90. The molecule has 0 saturated heterocycles. The lowest BCUT2D eigenvalue weighted by Crippen LogP contribution is -2.26. The molecule has 0 heterocycles. The summed E-state index contributed by atoms with van der Waals surface area (Å²) in [6, 6.07) is 12.4. The van der Waals surface area contributed by atoms with Gasteiger partial charge in [-0.05, 0) is 54.8 Å². The van der Waals surface area contributed by atoms with Crippen molar-refractivity contribution in [3.8, 4) is 0 Å². The van der Waals surface area contributed by atoms with Gasteiger partial charge in [-0.3, -0.25) is 0 Å². The van der Waals surface area contributed by atoms with Crippen LogP contribution in [0.4, 0.5) is 0 Å². The van der Waals surface area contributed by atoms with Gasteiger partial charge >= 0.3 is 0 Å². The van der Waals surface area contributed by atoms with Crippen molar-refractivity contribution in [2.45, 2.75) is 25.3 Å². The molecule has 0 spiro atoms. The predicted octanol–water partition coefficient (Wildman–Crippen LogP) is 3.78. The Kier molecular flexibility index (Phi) is 4.71. The Morgan fingerprint density at radius 3 is 2.38 bits per heavy atom. The largest absolute Gasteiger partial charge is 0.243 e. The summed E-state index contributed by atoms with van der Waals surface area (Å²) in [7, 11) is -1.92. The highest BCUT2D eigenvalue weighted by Crippen LogP contribution is 2.20. The van der Waals surface area contributed by atoms with Crippen molar-refractivity contribution in [1.29, 1.82) is 0 Å². The van der Waals surface area contributed by atoms with Crippen molar-refractivity contribution in [2.24, 2.45) is 0 Å². The summed E-state index contributed by atoms with van der Waals surface area (Å²) in [5, 5.41) is 0.601. The molecule has 0 saturated carbocycles. The van der Waals surface area contributed by atoms with Crippen LogP contribution in [0.15, 0.2) is 47.4 Å². The monoisotopic (exact) mass is 323 g/mol. The van der Waals surface area contributed by atoms with Gasteiger partial charge in [0.15, 0.2) is 0 Å². The van der Waals surface area contributed by atoms with Gasteiger partial charge in [-0.1, -0.05) is 29.8 Å². The van der Waals surface area contributed by atoms with Gasteiger partial charge in [0, 0.05) is 18.6 Å². The lowest BCUT2D eigenvalue weighted by Gasteiger charge is -2.18. The molecule has 0 N–H and O–H groups in total. The number of hydrogen-bond donors (Lipinski definition) is 0. The average Bonchev–Trinajstić information content (AvgIpc) is 2.41. The van der Waals surface area contributed by atoms with Crippen molar-refractivity contribution in [1.82, 2.24) is 4.31 Å². The van der Waals surface area contributed by atoms with E-state index in [0.29, 0.717) is 9.92 Å². The molecule has 3 nitrogen and oxygen atoms in total. The molecule has 5 heteroatoms. The molecule has 0 aromatic heterocycles. The minimum absolute atomic E-state index is 0.288. The maximum absolute atomic E-state index is 12.6. The van der Waals surface area contributed by atoms with E-state index in [9.17, 15) is 8.42 Å². The zero-order valence-corrected chi connectivity index (χ0v) is 13.9. The molecular weight excluding hydrogens is 306 g/mol. The number of sulfonamides is 1. The molecule has 0 aliphatic heterocycles. The van der Waals surface area contributed by atoms with Gasteiger partial charge in [-0.2, -0.15) is 4.31 Å². The number of aryl methyl sites for hydroxylation is 2. The minimum atomic E-state index is -3.50. The first-order chi connectivity index (χ1) is 9.80. The third-order valence-electron chi connectivity index (χ3n) is 3.48. The minimum Gasteiger partial charge on any atom is -0.207 e. The zero-order valence-electron chi connectivity index (χ0n) is 12.3. The summed E-state index contributed by atoms with van der Waals surface area (Å²) in [6.07, 6.45) is 0. The van der Waals surface area contributed by atoms with Crippen LogP contribution >= 0.6 is 11.6 Å². The van der Waals surface area contributed by atoms with E-state index >= 15 is 0 Å². The molecule has 0 aliphatic carbocycles. The molecule has 2 rings (SSSR count). The van der Waals surface area contributed by atoms with Crippen LogP contribution in [0.1, 0.15) is 16.7 Å². The molecule has 0 aliphatic rings. The standard InChI is InChI=1S/C16H18ClNO2S/c1-12-7-8-16(9-13(12)2)21(19,20)18(3)11-14-5-4-6-15(17)10-14/h4-10H,11H2,1-3H3. The fourth-order valence-electron chi connectivity index (χ4n) is 2.03. The molecule has 0 amide bonds. The Bertz CT molecular complexity index is 757. The van der Waals surface area contributed by atoms with E-state index in [0.717, 1.165) is 16.7 Å². The third-order valence-corrected chi connectivity index (χ3v) is 5.52. The Balaban J connectivity index is 2.28. The van der Waals surface area contributed by atoms with Crippen LogP contribution < -0.4 is 0 Å². The van der Waals surface area contributed by atoms with Crippen LogP contribution in [0.25, 0.3) is 0 Å². The number of rotatable bonds is 4. The summed E-state index contributed by atoms with van der Waals surface area (Å²) in [5.74, 6) is 0. The van der Waals surface area contributed by atoms with Crippen LogP contribution in [0.3, 0.4) is 0 Å². The molecule has 21 heavy (non-hydrogen) atoms. The summed E-state index contributed by atoms with van der Waals surface area (Å²) in [6.45, 7) is 4.16. The van der Waals surface area contributed by atoms with Gasteiger partial charge in [-0.25, -0.2) is 8.42 Å². The third kappa shape index (κ3) is 3.64. The molecule has 2 aromatic carbocycles. The lowest BCUT2D eigenvalue weighted by molar-refractivity contribution is 0.466. The van der Waals surface area contributed by atoms with E-state index in [2.05, 4.69) is 0 Å². The molecular formula is C16H18ClNO2S. The molecule has 0 bridgehead atoms. The summed E-state index contributed by atoms with van der Waals surface area (Å²) in [4.78, 5) is 0.315. The Morgan fingerprint density at radius 1 is 1.05 bits per heavy atom. The van der Waals surface area contributed by atoms with Gasteiger partial charge in [0.2, 0.25) is 10.0 Å². The van der Waals surface area contributed by atoms with Gasteiger partial charge in [0.1, 0.15) is 0 Å².